The number of benzene rings is 2. The highest BCUT2D eigenvalue weighted by atomic mass is 16.4. The molecule has 2 atom stereocenters. The van der Waals surface area contributed by atoms with Crippen LogP contribution in [0.4, 0.5) is 5.69 Å². The van der Waals surface area contributed by atoms with Gasteiger partial charge in [-0.2, -0.15) is 0 Å². The van der Waals surface area contributed by atoms with E-state index in [1.807, 2.05) is 24.3 Å². The highest BCUT2D eigenvalue weighted by Gasteiger charge is 2.46. The van der Waals surface area contributed by atoms with Gasteiger partial charge in [0.1, 0.15) is 6.04 Å². The Balaban J connectivity index is 2.02. The number of anilines is 1. The highest BCUT2D eigenvalue weighted by Crippen LogP contribution is 2.37. The molecule has 0 radical (unpaired) electrons. The Morgan fingerprint density at radius 2 is 1.71 bits per heavy atom. The molecule has 0 aromatic heterocycles. The predicted octanol–water partition coefficient (Wildman–Crippen LogP) is 2.32. The molecule has 0 unspecified atom stereocenters. The number of hydrogen-bond acceptors (Lipinski definition) is 4. The zero-order valence-corrected chi connectivity index (χ0v) is 15.6. The molecule has 1 heterocycles. The number of aliphatic carboxylic acids is 1. The lowest BCUT2D eigenvalue weighted by atomic mass is 9.90. The summed E-state index contributed by atoms with van der Waals surface area (Å²) in [5, 5.41) is 25.1. The van der Waals surface area contributed by atoms with Gasteiger partial charge in [0.05, 0.1) is 0 Å². The van der Waals surface area contributed by atoms with E-state index in [9.17, 15) is 24.6 Å². The van der Waals surface area contributed by atoms with Gasteiger partial charge in [-0.15, -0.1) is 0 Å². The van der Waals surface area contributed by atoms with Crippen LogP contribution in [0.1, 0.15) is 31.9 Å². The first-order chi connectivity index (χ1) is 13.2. The summed E-state index contributed by atoms with van der Waals surface area (Å²) in [6.45, 7) is 3.40. The minimum absolute atomic E-state index is 0.244. The smallest absolute Gasteiger partial charge is 0.345 e. The van der Waals surface area contributed by atoms with Gasteiger partial charge in [0, 0.05) is 11.3 Å². The van der Waals surface area contributed by atoms with Gasteiger partial charge < -0.3 is 20.8 Å². The maximum Gasteiger partial charge on any atom is 0.345 e. The van der Waals surface area contributed by atoms with E-state index in [0.29, 0.717) is 11.3 Å². The van der Waals surface area contributed by atoms with E-state index in [4.69, 9.17) is 0 Å². The standard InChI is InChI=1S/C21H22N2O5/c1-12(2)11-21(28,20(26)27)19(25)23-17-15-9-4-3-7-13(15)14-8-5-6-10-16(14)22-18(17)24/h3-10,12,17,28H,11H2,1-2H3,(H,22,24)(H,23,25)(H,26,27)/t17-,21-/m0/s1. The fourth-order valence-electron chi connectivity index (χ4n) is 3.43. The number of fused-ring (bicyclic) bond motifs is 3. The summed E-state index contributed by atoms with van der Waals surface area (Å²) in [6, 6.07) is 13.2. The Morgan fingerprint density at radius 3 is 2.36 bits per heavy atom. The van der Waals surface area contributed by atoms with Crippen molar-refractivity contribution in [2.45, 2.75) is 31.9 Å². The van der Waals surface area contributed by atoms with Crippen LogP contribution in [-0.2, 0) is 14.4 Å². The summed E-state index contributed by atoms with van der Waals surface area (Å²) in [7, 11) is 0. The first-order valence-corrected chi connectivity index (χ1v) is 9.00. The largest absolute Gasteiger partial charge is 0.479 e. The van der Waals surface area contributed by atoms with Crippen LogP contribution in [0.2, 0.25) is 0 Å². The molecule has 4 N–H and O–H groups in total. The van der Waals surface area contributed by atoms with Gasteiger partial charge in [-0.05, 0) is 29.5 Å². The number of aliphatic hydroxyl groups is 1. The maximum absolute atomic E-state index is 12.8. The summed E-state index contributed by atoms with van der Waals surface area (Å²) in [4.78, 5) is 37.2. The molecule has 0 aliphatic carbocycles. The number of rotatable bonds is 5. The zero-order valence-electron chi connectivity index (χ0n) is 15.6. The highest BCUT2D eigenvalue weighted by molar-refractivity contribution is 6.09. The predicted molar refractivity (Wildman–Crippen MR) is 103 cm³/mol. The fourth-order valence-corrected chi connectivity index (χ4v) is 3.43. The number of amides is 2. The van der Waals surface area contributed by atoms with Gasteiger partial charge in [0.15, 0.2) is 0 Å². The van der Waals surface area contributed by atoms with Gasteiger partial charge >= 0.3 is 5.97 Å². The molecule has 0 saturated heterocycles. The minimum Gasteiger partial charge on any atom is -0.479 e. The molecule has 0 spiro atoms. The van der Waals surface area contributed by atoms with Crippen molar-refractivity contribution in [2.75, 3.05) is 5.32 Å². The second-order valence-electron chi connectivity index (χ2n) is 7.29. The Morgan fingerprint density at radius 1 is 1.11 bits per heavy atom. The van der Waals surface area contributed by atoms with E-state index in [1.54, 1.807) is 38.1 Å². The summed E-state index contributed by atoms with van der Waals surface area (Å²) < 4.78 is 0. The second-order valence-corrected chi connectivity index (χ2v) is 7.29. The van der Waals surface area contributed by atoms with E-state index in [-0.39, 0.29) is 12.3 Å². The van der Waals surface area contributed by atoms with E-state index < -0.39 is 29.4 Å². The van der Waals surface area contributed by atoms with E-state index in [0.717, 1.165) is 11.1 Å². The average molecular weight is 382 g/mol. The lowest BCUT2D eigenvalue weighted by molar-refractivity contribution is -0.168. The van der Waals surface area contributed by atoms with Gasteiger partial charge in [0.2, 0.25) is 5.60 Å². The van der Waals surface area contributed by atoms with Crippen molar-refractivity contribution in [2.24, 2.45) is 5.92 Å². The summed E-state index contributed by atoms with van der Waals surface area (Å²) >= 11 is 0. The minimum atomic E-state index is -2.62. The molecule has 0 fully saturated rings. The molecular weight excluding hydrogens is 360 g/mol. The van der Waals surface area contributed by atoms with Gasteiger partial charge in [-0.25, -0.2) is 4.79 Å². The van der Waals surface area contributed by atoms with Crippen LogP contribution in [0.25, 0.3) is 11.1 Å². The lowest BCUT2D eigenvalue weighted by Crippen LogP contribution is -2.55. The SMILES string of the molecule is CC(C)C[C@@](O)(C(=O)O)C(=O)N[C@@H]1C(=O)Nc2ccccc2-c2ccccc21. The van der Waals surface area contributed by atoms with Crippen LogP contribution in [0.3, 0.4) is 0 Å². The molecule has 28 heavy (non-hydrogen) atoms. The number of carbonyl (C=O) groups is 3. The first-order valence-electron chi connectivity index (χ1n) is 9.00. The Hall–Kier alpha value is -3.19. The van der Waals surface area contributed by atoms with Crippen LogP contribution in [0.15, 0.2) is 48.5 Å². The maximum atomic E-state index is 12.8. The summed E-state index contributed by atoms with van der Waals surface area (Å²) in [6.07, 6.45) is -0.273. The monoisotopic (exact) mass is 382 g/mol. The normalized spacial score (nSPS) is 17.6. The van der Waals surface area contributed by atoms with Crippen LogP contribution >= 0.6 is 0 Å². The van der Waals surface area contributed by atoms with Crippen molar-refractivity contribution in [1.29, 1.82) is 0 Å². The molecule has 0 bridgehead atoms. The first kappa shape index (κ1) is 19.6. The van der Waals surface area contributed by atoms with Crippen molar-refractivity contribution in [3.05, 3.63) is 54.1 Å². The summed E-state index contributed by atoms with van der Waals surface area (Å²) in [5.74, 6) is -3.52. The number of carbonyl (C=O) groups excluding carboxylic acids is 2. The molecular formula is C21H22N2O5. The molecule has 0 saturated carbocycles. The molecule has 7 heteroatoms. The lowest BCUT2D eigenvalue weighted by Gasteiger charge is -2.27. The zero-order chi connectivity index (χ0) is 20.5. The molecule has 2 aromatic carbocycles. The topological polar surface area (TPSA) is 116 Å². The number of nitrogens with one attached hydrogen (secondary N) is 2. The molecule has 3 rings (SSSR count). The molecule has 2 aromatic rings. The van der Waals surface area contributed by atoms with E-state index in [2.05, 4.69) is 10.6 Å². The molecule has 1 aliphatic rings. The van der Waals surface area contributed by atoms with Crippen LogP contribution < -0.4 is 10.6 Å². The Bertz CT molecular complexity index is 940. The number of hydrogen-bond donors (Lipinski definition) is 4. The average Bonchev–Trinajstić information content (AvgIpc) is 2.76. The Kier molecular flexibility index (Phi) is 5.20. The van der Waals surface area contributed by atoms with Gasteiger partial charge in [-0.3, -0.25) is 9.59 Å². The Labute approximate surface area is 162 Å². The summed E-state index contributed by atoms with van der Waals surface area (Å²) in [5.41, 5.74) is 0.0223. The van der Waals surface area contributed by atoms with Crippen LogP contribution in [-0.4, -0.2) is 33.6 Å². The van der Waals surface area contributed by atoms with Crippen molar-refractivity contribution in [3.63, 3.8) is 0 Å². The molecule has 7 nitrogen and oxygen atoms in total. The third-order valence-corrected chi connectivity index (χ3v) is 4.72. The number of para-hydroxylation sites is 1. The molecule has 2 amide bonds. The van der Waals surface area contributed by atoms with Crippen LogP contribution in [0.5, 0.6) is 0 Å². The fraction of sp³-hybridized carbons (Fsp3) is 0.286. The van der Waals surface area contributed by atoms with Gasteiger partial charge in [0.25, 0.3) is 11.8 Å². The van der Waals surface area contributed by atoms with Crippen molar-refractivity contribution in [3.8, 4) is 11.1 Å². The molecule has 1 aliphatic heterocycles. The third-order valence-electron chi connectivity index (χ3n) is 4.72. The third kappa shape index (κ3) is 3.48. The molecule has 146 valence electrons. The van der Waals surface area contributed by atoms with Crippen molar-refractivity contribution < 1.29 is 24.6 Å². The second kappa shape index (κ2) is 7.44. The van der Waals surface area contributed by atoms with E-state index >= 15 is 0 Å². The van der Waals surface area contributed by atoms with Crippen LogP contribution in [0, 0.1) is 5.92 Å². The van der Waals surface area contributed by atoms with Gasteiger partial charge in [-0.1, -0.05) is 56.3 Å². The quantitative estimate of drug-likeness (QED) is 0.593. The van der Waals surface area contributed by atoms with E-state index in [1.165, 1.54) is 0 Å². The number of carboxylic acids is 1. The number of carboxylic acid groups (broad SMARTS) is 1. The van der Waals surface area contributed by atoms with Crippen molar-refractivity contribution in [1.82, 2.24) is 5.32 Å². The van der Waals surface area contributed by atoms with Crippen molar-refractivity contribution >= 4 is 23.5 Å².